The topological polar surface area (TPSA) is 32.3 Å². The number of carbonyl (C=O) groups is 1. The molecule has 1 aliphatic heterocycles. The predicted octanol–water partition coefficient (Wildman–Crippen LogP) is 5.56. The van der Waals surface area contributed by atoms with Crippen LogP contribution in [0.3, 0.4) is 0 Å². The van der Waals surface area contributed by atoms with Crippen molar-refractivity contribution < 1.29 is 4.79 Å². The number of hydrogen-bond donors (Lipinski definition) is 1. The Morgan fingerprint density at radius 2 is 2.00 bits per heavy atom. The van der Waals surface area contributed by atoms with Gasteiger partial charge in [-0.2, -0.15) is 0 Å². The number of unbranched alkanes of at least 4 members (excludes halogenated alkanes) is 2. The van der Waals surface area contributed by atoms with Crippen molar-refractivity contribution >= 4 is 23.1 Å². The molecule has 148 valence electrons. The van der Waals surface area contributed by atoms with Gasteiger partial charge in [0.2, 0.25) is 0 Å². The molecule has 2 aromatic rings. The van der Waals surface area contributed by atoms with Gasteiger partial charge >= 0.3 is 0 Å². The van der Waals surface area contributed by atoms with Gasteiger partial charge in [-0.15, -0.1) is 6.58 Å². The van der Waals surface area contributed by atoms with Crippen LogP contribution in [0.5, 0.6) is 0 Å². The molecular formula is C24H29ClN2O. The van der Waals surface area contributed by atoms with Crippen LogP contribution in [0.4, 0.5) is 5.69 Å². The molecule has 0 fully saturated rings. The number of anilines is 1. The number of hydrogen-bond acceptors (Lipinski definition) is 3. The summed E-state index contributed by atoms with van der Waals surface area (Å²) in [6.07, 6.45) is 6.59. The van der Waals surface area contributed by atoms with Gasteiger partial charge in [0.15, 0.2) is 5.78 Å². The van der Waals surface area contributed by atoms with Crippen LogP contribution < -0.4 is 5.32 Å². The maximum Gasteiger partial charge on any atom is 0.172 e. The van der Waals surface area contributed by atoms with Gasteiger partial charge in [0.1, 0.15) is 0 Å². The first kappa shape index (κ1) is 20.6. The maximum atomic E-state index is 13.0. The molecule has 0 radical (unpaired) electrons. The van der Waals surface area contributed by atoms with Crippen molar-refractivity contribution in [2.75, 3.05) is 32.0 Å². The molecule has 0 saturated carbocycles. The molecule has 28 heavy (non-hydrogen) atoms. The number of nitrogens with one attached hydrogen (secondary N) is 1. The molecule has 1 atom stereocenters. The smallest absolute Gasteiger partial charge is 0.172 e. The van der Waals surface area contributed by atoms with Crippen LogP contribution in [0.2, 0.25) is 5.02 Å². The number of nitrogens with zero attached hydrogens (tertiary/aromatic N) is 1. The Hall–Kier alpha value is -2.10. The molecule has 1 N–H and O–H groups in total. The van der Waals surface area contributed by atoms with Crippen LogP contribution in [0.1, 0.15) is 46.7 Å². The number of aryl methyl sites for hydroxylation is 1. The lowest BCUT2D eigenvalue weighted by Crippen LogP contribution is -2.19. The van der Waals surface area contributed by atoms with E-state index in [-0.39, 0.29) is 11.7 Å². The van der Waals surface area contributed by atoms with E-state index in [0.717, 1.165) is 36.3 Å². The highest BCUT2D eigenvalue weighted by Gasteiger charge is 2.29. The zero-order valence-electron chi connectivity index (χ0n) is 16.6. The monoisotopic (exact) mass is 396 g/mol. The Labute approximate surface area is 173 Å². The van der Waals surface area contributed by atoms with Crippen LogP contribution in [-0.2, 0) is 6.42 Å². The van der Waals surface area contributed by atoms with E-state index in [1.807, 2.05) is 18.2 Å². The number of ketones is 1. The lowest BCUT2D eigenvalue weighted by atomic mass is 9.90. The maximum absolute atomic E-state index is 13.0. The fourth-order valence-corrected chi connectivity index (χ4v) is 3.91. The minimum Gasteiger partial charge on any atom is -0.384 e. The molecule has 0 saturated heterocycles. The quantitative estimate of drug-likeness (QED) is 0.324. The molecule has 2 aromatic carbocycles. The van der Waals surface area contributed by atoms with Crippen molar-refractivity contribution in [1.82, 2.24) is 4.90 Å². The molecule has 3 nitrogen and oxygen atoms in total. The molecular weight excluding hydrogens is 368 g/mol. The van der Waals surface area contributed by atoms with Crippen molar-refractivity contribution in [3.05, 3.63) is 76.8 Å². The highest BCUT2D eigenvalue weighted by molar-refractivity contribution is 6.30. The first-order valence-electron chi connectivity index (χ1n) is 10.0. The molecule has 3 rings (SSSR count). The van der Waals surface area contributed by atoms with E-state index in [1.165, 1.54) is 24.8 Å². The third kappa shape index (κ3) is 5.24. The Morgan fingerprint density at radius 1 is 1.21 bits per heavy atom. The normalized spacial score (nSPS) is 15.3. The number of fused-ring (bicyclic) bond motifs is 1. The summed E-state index contributed by atoms with van der Waals surface area (Å²) in [4.78, 5) is 15.2. The zero-order valence-corrected chi connectivity index (χ0v) is 17.3. The molecule has 1 aliphatic rings. The van der Waals surface area contributed by atoms with Gasteiger partial charge in [-0.25, -0.2) is 0 Å². The van der Waals surface area contributed by atoms with E-state index >= 15 is 0 Å². The summed E-state index contributed by atoms with van der Waals surface area (Å²) in [6.45, 7) is 6.49. The molecule has 4 heteroatoms. The average Bonchev–Trinajstić information content (AvgIpc) is 3.11. The first-order valence-corrected chi connectivity index (χ1v) is 10.4. The van der Waals surface area contributed by atoms with E-state index < -0.39 is 0 Å². The van der Waals surface area contributed by atoms with Crippen LogP contribution in [0.25, 0.3) is 0 Å². The average molecular weight is 397 g/mol. The second kappa shape index (κ2) is 9.90. The first-order chi connectivity index (χ1) is 13.6. The fourth-order valence-electron chi connectivity index (χ4n) is 3.79. The molecule has 0 aliphatic carbocycles. The summed E-state index contributed by atoms with van der Waals surface area (Å²) in [5.74, 6) is 0.0361. The zero-order chi connectivity index (χ0) is 19.9. The van der Waals surface area contributed by atoms with E-state index in [4.69, 9.17) is 11.6 Å². The van der Waals surface area contributed by atoms with Crippen molar-refractivity contribution in [1.29, 1.82) is 0 Å². The number of halogens is 1. The molecule has 1 heterocycles. The second-order valence-corrected chi connectivity index (χ2v) is 8.02. The highest BCUT2D eigenvalue weighted by atomic mass is 35.5. The molecule has 1 unspecified atom stereocenters. The lowest BCUT2D eigenvalue weighted by molar-refractivity contribution is 0.0966. The third-order valence-corrected chi connectivity index (χ3v) is 5.63. The minimum atomic E-state index is -0.122. The number of rotatable bonds is 10. The van der Waals surface area contributed by atoms with Crippen LogP contribution in [-0.4, -0.2) is 37.4 Å². The number of carbonyl (C=O) groups excluding carboxylic acids is 1. The van der Waals surface area contributed by atoms with Crippen LogP contribution in [0, 0.1) is 0 Å². The van der Waals surface area contributed by atoms with Gasteiger partial charge in [-0.1, -0.05) is 36.2 Å². The molecule has 0 spiro atoms. The van der Waals surface area contributed by atoms with E-state index in [2.05, 4.69) is 42.0 Å². The Bertz CT molecular complexity index is 816. The van der Waals surface area contributed by atoms with Crippen LogP contribution in [0.15, 0.2) is 55.1 Å². The predicted molar refractivity (Wildman–Crippen MR) is 119 cm³/mol. The standard InChI is InChI=1S/C24H29ClN2O/c1-3-14-27(2)15-6-4-5-7-18-8-13-23-21(16-18)22(17-26-23)24(28)19-9-11-20(25)12-10-19/h3,8-13,16,22,26H,1,4-7,14-15,17H2,2H3. The van der Waals surface area contributed by atoms with Crippen LogP contribution >= 0.6 is 11.6 Å². The summed E-state index contributed by atoms with van der Waals surface area (Å²) in [6, 6.07) is 13.7. The van der Waals surface area contributed by atoms with Gasteiger partial charge < -0.3 is 10.2 Å². The summed E-state index contributed by atoms with van der Waals surface area (Å²) in [5, 5.41) is 4.03. The molecule has 0 bridgehead atoms. The lowest BCUT2D eigenvalue weighted by Gasteiger charge is -2.14. The SMILES string of the molecule is C=CCN(C)CCCCCc1ccc2c(c1)C(C(=O)c1ccc(Cl)cc1)CN2. The molecule has 0 aromatic heterocycles. The number of benzene rings is 2. The van der Waals surface area contributed by atoms with Crippen molar-refractivity contribution in [3.63, 3.8) is 0 Å². The van der Waals surface area contributed by atoms with Gasteiger partial charge in [0.25, 0.3) is 0 Å². The second-order valence-electron chi connectivity index (χ2n) is 7.59. The Balaban J connectivity index is 1.57. The number of Topliss-reactive ketones (excluding diaryl/α,β-unsaturated/α-hetero) is 1. The van der Waals surface area contributed by atoms with Gasteiger partial charge in [-0.05, 0) is 74.3 Å². The fraction of sp³-hybridized carbons (Fsp3) is 0.375. The minimum absolute atomic E-state index is 0.122. The molecule has 0 amide bonds. The Kier molecular flexibility index (Phi) is 7.30. The van der Waals surface area contributed by atoms with Gasteiger partial charge in [-0.3, -0.25) is 4.79 Å². The summed E-state index contributed by atoms with van der Waals surface area (Å²) < 4.78 is 0. The van der Waals surface area contributed by atoms with E-state index in [9.17, 15) is 4.79 Å². The van der Waals surface area contributed by atoms with Gasteiger partial charge in [0, 0.05) is 29.4 Å². The van der Waals surface area contributed by atoms with Crippen molar-refractivity contribution in [3.8, 4) is 0 Å². The number of likely N-dealkylation sites (N-methyl/N-ethyl adjacent to an activating group) is 1. The Morgan fingerprint density at radius 3 is 2.75 bits per heavy atom. The van der Waals surface area contributed by atoms with E-state index in [1.54, 1.807) is 12.1 Å². The van der Waals surface area contributed by atoms with E-state index in [0.29, 0.717) is 11.6 Å². The van der Waals surface area contributed by atoms with Gasteiger partial charge in [0.05, 0.1) is 5.92 Å². The third-order valence-electron chi connectivity index (χ3n) is 5.38. The summed E-state index contributed by atoms with van der Waals surface area (Å²) >= 11 is 5.95. The van der Waals surface area contributed by atoms with Crippen molar-refractivity contribution in [2.45, 2.75) is 31.6 Å². The van der Waals surface area contributed by atoms with Crippen molar-refractivity contribution in [2.24, 2.45) is 0 Å². The summed E-state index contributed by atoms with van der Waals surface area (Å²) in [7, 11) is 2.13. The highest BCUT2D eigenvalue weighted by Crippen LogP contribution is 2.35. The summed E-state index contributed by atoms with van der Waals surface area (Å²) in [5.41, 5.74) is 4.25. The largest absolute Gasteiger partial charge is 0.384 e.